The van der Waals surface area contributed by atoms with E-state index >= 15 is 0 Å². The van der Waals surface area contributed by atoms with Gasteiger partial charge in [0.2, 0.25) is 0 Å². The third kappa shape index (κ3) is 3.09. The van der Waals surface area contributed by atoms with Crippen LogP contribution in [0, 0.1) is 0 Å². The maximum atomic E-state index is 11.3. The van der Waals surface area contributed by atoms with E-state index in [1.54, 1.807) is 12.1 Å². The first-order chi connectivity index (χ1) is 8.70. The number of nitrogens with one attached hydrogen (secondary N) is 1. The zero-order chi connectivity index (χ0) is 13.0. The number of carbonyl (C=O) groups is 1. The first-order valence-corrected chi connectivity index (χ1v) is 6.23. The maximum Gasteiger partial charge on any atom is 0.337 e. The monoisotopic (exact) mass is 249 g/mol. The van der Waals surface area contributed by atoms with E-state index in [2.05, 4.69) is 17.0 Å². The topological polar surface area (TPSA) is 47.6 Å². The number of ether oxygens (including phenoxy) is 2. The molecule has 0 saturated carbocycles. The molecule has 0 amide bonds. The molecular weight excluding hydrogens is 230 g/mol. The molecule has 4 nitrogen and oxygen atoms in total. The summed E-state index contributed by atoms with van der Waals surface area (Å²) in [4.78, 5) is 11.3. The quantitative estimate of drug-likeness (QED) is 0.826. The van der Waals surface area contributed by atoms with Crippen molar-refractivity contribution in [2.45, 2.75) is 32.0 Å². The summed E-state index contributed by atoms with van der Waals surface area (Å²) < 4.78 is 10.2. The van der Waals surface area contributed by atoms with Gasteiger partial charge >= 0.3 is 5.97 Å². The summed E-state index contributed by atoms with van der Waals surface area (Å²) in [5.74, 6) is -0.299. The molecule has 0 radical (unpaired) electrons. The Morgan fingerprint density at radius 2 is 2.17 bits per heavy atom. The fourth-order valence-corrected chi connectivity index (χ4v) is 2.13. The van der Waals surface area contributed by atoms with Gasteiger partial charge in [-0.3, -0.25) is 0 Å². The molecule has 0 aliphatic carbocycles. The highest BCUT2D eigenvalue weighted by molar-refractivity contribution is 5.89. The number of carbonyl (C=O) groups excluding carboxylic acids is 1. The van der Waals surface area contributed by atoms with Crippen LogP contribution in [-0.2, 0) is 16.0 Å². The highest BCUT2D eigenvalue weighted by atomic mass is 16.5. The number of hydrogen-bond donors (Lipinski definition) is 1. The van der Waals surface area contributed by atoms with E-state index in [0.717, 1.165) is 25.1 Å². The van der Waals surface area contributed by atoms with Crippen LogP contribution in [0.3, 0.4) is 0 Å². The van der Waals surface area contributed by atoms with Gasteiger partial charge < -0.3 is 14.8 Å². The van der Waals surface area contributed by atoms with Crippen LogP contribution in [0.2, 0.25) is 0 Å². The van der Waals surface area contributed by atoms with Crippen LogP contribution in [0.15, 0.2) is 24.3 Å². The lowest BCUT2D eigenvalue weighted by Crippen LogP contribution is -2.34. The van der Waals surface area contributed by atoms with Crippen molar-refractivity contribution >= 4 is 5.97 Å². The third-order valence-electron chi connectivity index (χ3n) is 3.32. The van der Waals surface area contributed by atoms with Crippen molar-refractivity contribution in [1.82, 2.24) is 5.32 Å². The Labute approximate surface area is 107 Å². The summed E-state index contributed by atoms with van der Waals surface area (Å²) in [5.41, 5.74) is 1.74. The molecule has 0 spiro atoms. The molecule has 1 aliphatic heterocycles. The van der Waals surface area contributed by atoms with E-state index in [-0.39, 0.29) is 12.1 Å². The Morgan fingerprint density at radius 1 is 1.44 bits per heavy atom. The predicted molar refractivity (Wildman–Crippen MR) is 68.4 cm³/mol. The molecule has 1 N–H and O–H groups in total. The Kier molecular flexibility index (Phi) is 4.33. The van der Waals surface area contributed by atoms with Crippen molar-refractivity contribution in [3.63, 3.8) is 0 Å². The molecule has 98 valence electrons. The standard InChI is InChI=1S/C14H19NO3/c1-10-13(7-8-18-10)15-9-11-3-5-12(6-4-11)14(16)17-2/h3-6,10,13,15H,7-9H2,1-2H3. The zero-order valence-corrected chi connectivity index (χ0v) is 10.8. The number of benzene rings is 1. The molecule has 2 unspecified atom stereocenters. The smallest absolute Gasteiger partial charge is 0.337 e. The molecule has 1 aromatic rings. The van der Waals surface area contributed by atoms with Crippen molar-refractivity contribution in [3.05, 3.63) is 35.4 Å². The molecule has 0 bridgehead atoms. The minimum absolute atomic E-state index is 0.277. The Morgan fingerprint density at radius 3 is 2.72 bits per heavy atom. The summed E-state index contributed by atoms with van der Waals surface area (Å²) >= 11 is 0. The van der Waals surface area contributed by atoms with Gasteiger partial charge in [-0.05, 0) is 31.0 Å². The molecule has 18 heavy (non-hydrogen) atoms. The Hall–Kier alpha value is -1.39. The molecule has 1 heterocycles. The van der Waals surface area contributed by atoms with Gasteiger partial charge in [-0.25, -0.2) is 4.79 Å². The summed E-state index contributed by atoms with van der Waals surface area (Å²) in [6.07, 6.45) is 1.33. The summed E-state index contributed by atoms with van der Waals surface area (Å²) in [6.45, 7) is 3.71. The fourth-order valence-electron chi connectivity index (χ4n) is 2.13. The lowest BCUT2D eigenvalue weighted by molar-refractivity contribution is 0.0600. The van der Waals surface area contributed by atoms with E-state index < -0.39 is 0 Å². The fraction of sp³-hybridized carbons (Fsp3) is 0.500. The predicted octanol–water partition coefficient (Wildman–Crippen LogP) is 1.74. The van der Waals surface area contributed by atoms with Crippen LogP contribution in [0.1, 0.15) is 29.3 Å². The largest absolute Gasteiger partial charge is 0.465 e. The van der Waals surface area contributed by atoms with E-state index in [0.29, 0.717) is 11.6 Å². The van der Waals surface area contributed by atoms with Gasteiger partial charge in [-0.1, -0.05) is 12.1 Å². The van der Waals surface area contributed by atoms with E-state index in [1.807, 2.05) is 12.1 Å². The van der Waals surface area contributed by atoms with Crippen molar-refractivity contribution in [2.75, 3.05) is 13.7 Å². The van der Waals surface area contributed by atoms with Gasteiger partial charge in [-0.15, -0.1) is 0 Å². The molecule has 1 aromatic carbocycles. The van der Waals surface area contributed by atoms with E-state index in [9.17, 15) is 4.79 Å². The van der Waals surface area contributed by atoms with Crippen LogP contribution in [0.5, 0.6) is 0 Å². The molecule has 2 rings (SSSR count). The molecule has 1 fully saturated rings. The summed E-state index contributed by atoms with van der Waals surface area (Å²) in [6, 6.07) is 7.89. The first-order valence-electron chi connectivity index (χ1n) is 6.23. The lowest BCUT2D eigenvalue weighted by atomic mass is 10.1. The molecular formula is C14H19NO3. The number of esters is 1. The third-order valence-corrected chi connectivity index (χ3v) is 3.32. The van der Waals surface area contributed by atoms with Crippen LogP contribution < -0.4 is 5.32 Å². The highest BCUT2D eigenvalue weighted by Crippen LogP contribution is 2.13. The second-order valence-corrected chi connectivity index (χ2v) is 4.54. The number of methoxy groups -OCH3 is 1. The van der Waals surface area contributed by atoms with Crippen LogP contribution in [0.25, 0.3) is 0 Å². The van der Waals surface area contributed by atoms with Crippen LogP contribution in [0.4, 0.5) is 0 Å². The maximum absolute atomic E-state index is 11.3. The van der Waals surface area contributed by atoms with Gasteiger partial charge in [0, 0.05) is 19.2 Å². The second-order valence-electron chi connectivity index (χ2n) is 4.54. The molecule has 2 atom stereocenters. The van der Waals surface area contributed by atoms with Crippen molar-refractivity contribution in [1.29, 1.82) is 0 Å². The average molecular weight is 249 g/mol. The van der Waals surface area contributed by atoms with Gasteiger partial charge in [-0.2, -0.15) is 0 Å². The first kappa shape index (κ1) is 13.1. The van der Waals surface area contributed by atoms with Crippen molar-refractivity contribution < 1.29 is 14.3 Å². The van der Waals surface area contributed by atoms with Crippen molar-refractivity contribution in [3.8, 4) is 0 Å². The highest BCUT2D eigenvalue weighted by Gasteiger charge is 2.23. The minimum Gasteiger partial charge on any atom is -0.465 e. The van der Waals surface area contributed by atoms with E-state index in [4.69, 9.17) is 4.74 Å². The van der Waals surface area contributed by atoms with Crippen LogP contribution >= 0.6 is 0 Å². The summed E-state index contributed by atoms with van der Waals surface area (Å²) in [5, 5.41) is 3.47. The van der Waals surface area contributed by atoms with Crippen molar-refractivity contribution in [2.24, 2.45) is 0 Å². The lowest BCUT2D eigenvalue weighted by Gasteiger charge is -2.16. The second kappa shape index (κ2) is 5.98. The van der Waals surface area contributed by atoms with Gasteiger partial charge in [0.15, 0.2) is 0 Å². The van der Waals surface area contributed by atoms with Gasteiger partial charge in [0.1, 0.15) is 0 Å². The molecule has 4 heteroatoms. The summed E-state index contributed by atoms with van der Waals surface area (Å²) in [7, 11) is 1.39. The normalized spacial score (nSPS) is 23.0. The minimum atomic E-state index is -0.299. The molecule has 0 aromatic heterocycles. The number of hydrogen-bond acceptors (Lipinski definition) is 4. The Balaban J connectivity index is 1.88. The van der Waals surface area contributed by atoms with E-state index in [1.165, 1.54) is 7.11 Å². The number of rotatable bonds is 4. The van der Waals surface area contributed by atoms with Gasteiger partial charge in [0.05, 0.1) is 18.8 Å². The van der Waals surface area contributed by atoms with Gasteiger partial charge in [0.25, 0.3) is 0 Å². The molecule has 1 saturated heterocycles. The van der Waals surface area contributed by atoms with Crippen LogP contribution in [-0.4, -0.2) is 31.8 Å². The molecule has 1 aliphatic rings. The zero-order valence-electron chi connectivity index (χ0n) is 10.8. The Bertz CT molecular complexity index is 402. The average Bonchev–Trinajstić information content (AvgIpc) is 2.81. The SMILES string of the molecule is COC(=O)c1ccc(CNC2CCOC2C)cc1.